The molecular weight excluding hydrogens is 540 g/mol. The maximum absolute atomic E-state index is 13.1. The molecule has 2 aliphatic rings. The third kappa shape index (κ3) is 6.95. The largest absolute Gasteiger partial charge is 0.479 e. The van der Waals surface area contributed by atoms with Crippen molar-refractivity contribution < 1.29 is 38.5 Å². The highest BCUT2D eigenvalue weighted by Gasteiger charge is 2.33. The van der Waals surface area contributed by atoms with Gasteiger partial charge in [0.1, 0.15) is 19.3 Å². The van der Waals surface area contributed by atoms with E-state index in [2.05, 4.69) is 10.6 Å². The summed E-state index contributed by atoms with van der Waals surface area (Å²) in [5.74, 6) is -2.55. The fraction of sp³-hybridized carbons (Fsp3) is 0.312. The first-order chi connectivity index (χ1) is 20.4. The SMILES string of the molecule is O=C(C[C@H](NC(=O)OCC1c2ccccc2-c2ccccc21)C(=O)NCC1CCC(C(=O)O)O1)OCc1ccccc1. The van der Waals surface area contributed by atoms with Crippen LogP contribution in [0.4, 0.5) is 4.79 Å². The molecule has 3 atom stereocenters. The first-order valence-corrected chi connectivity index (χ1v) is 13.9. The lowest BCUT2D eigenvalue weighted by Gasteiger charge is -2.20. The fourth-order valence-electron chi connectivity index (χ4n) is 5.33. The van der Waals surface area contributed by atoms with Gasteiger partial charge in [-0.3, -0.25) is 9.59 Å². The summed E-state index contributed by atoms with van der Waals surface area (Å²) in [7, 11) is 0. The van der Waals surface area contributed by atoms with E-state index in [1.807, 2.05) is 66.7 Å². The van der Waals surface area contributed by atoms with E-state index in [1.54, 1.807) is 12.1 Å². The number of ether oxygens (including phenoxy) is 3. The highest BCUT2D eigenvalue weighted by molar-refractivity contribution is 5.89. The molecule has 42 heavy (non-hydrogen) atoms. The summed E-state index contributed by atoms with van der Waals surface area (Å²) >= 11 is 0. The maximum Gasteiger partial charge on any atom is 0.407 e. The van der Waals surface area contributed by atoms with Gasteiger partial charge in [-0.15, -0.1) is 0 Å². The van der Waals surface area contributed by atoms with Gasteiger partial charge in [0, 0.05) is 12.5 Å². The Morgan fingerprint density at radius 1 is 0.857 bits per heavy atom. The summed E-state index contributed by atoms with van der Waals surface area (Å²) in [5, 5.41) is 14.3. The van der Waals surface area contributed by atoms with Crippen LogP contribution in [-0.2, 0) is 35.2 Å². The van der Waals surface area contributed by atoms with Crippen molar-refractivity contribution in [2.75, 3.05) is 13.2 Å². The van der Waals surface area contributed by atoms with Gasteiger partial charge in [0.15, 0.2) is 6.10 Å². The molecule has 0 spiro atoms. The highest BCUT2D eigenvalue weighted by Crippen LogP contribution is 2.44. The molecule has 10 nitrogen and oxygen atoms in total. The standard InChI is InChI=1S/C32H32N2O8/c35-29(40-18-20-8-2-1-3-9-20)16-27(30(36)33-17-21-14-15-28(42-21)31(37)38)34-32(39)41-19-26-24-12-6-4-10-22(24)23-11-5-7-13-25(23)26/h1-13,21,26-28H,14-19H2,(H,33,36)(H,34,39)(H,37,38)/t21?,27-,28?/m0/s1. The Labute approximate surface area is 243 Å². The molecule has 10 heteroatoms. The van der Waals surface area contributed by atoms with E-state index in [0.717, 1.165) is 27.8 Å². The first kappa shape index (κ1) is 28.8. The summed E-state index contributed by atoms with van der Waals surface area (Å²) < 4.78 is 16.3. The molecule has 1 heterocycles. The van der Waals surface area contributed by atoms with Crippen molar-refractivity contribution in [3.63, 3.8) is 0 Å². The number of nitrogens with one attached hydrogen (secondary N) is 2. The molecule has 1 saturated heterocycles. The average Bonchev–Trinajstić information content (AvgIpc) is 3.61. The number of benzene rings is 3. The molecule has 218 valence electrons. The first-order valence-electron chi connectivity index (χ1n) is 13.9. The Balaban J connectivity index is 1.20. The predicted molar refractivity (Wildman–Crippen MR) is 151 cm³/mol. The zero-order chi connectivity index (χ0) is 29.5. The van der Waals surface area contributed by atoms with Gasteiger partial charge >= 0.3 is 18.0 Å². The summed E-state index contributed by atoms with van der Waals surface area (Å²) in [6.07, 6.45) is -1.89. The Kier molecular flexibility index (Phi) is 9.13. The molecule has 5 rings (SSSR count). The lowest BCUT2D eigenvalue weighted by molar-refractivity contribution is -0.149. The van der Waals surface area contributed by atoms with Crippen LogP contribution in [0.25, 0.3) is 11.1 Å². The monoisotopic (exact) mass is 572 g/mol. The Bertz CT molecular complexity index is 1400. The Morgan fingerprint density at radius 3 is 2.14 bits per heavy atom. The number of carbonyl (C=O) groups excluding carboxylic acids is 3. The van der Waals surface area contributed by atoms with Gasteiger partial charge in [0.2, 0.25) is 5.91 Å². The number of hydrogen-bond acceptors (Lipinski definition) is 7. The van der Waals surface area contributed by atoms with Crippen LogP contribution in [-0.4, -0.2) is 60.4 Å². The molecule has 0 aromatic heterocycles. The van der Waals surface area contributed by atoms with Crippen LogP contribution in [0.1, 0.15) is 41.9 Å². The van der Waals surface area contributed by atoms with Gasteiger partial charge in [-0.05, 0) is 40.7 Å². The van der Waals surface area contributed by atoms with Crippen molar-refractivity contribution in [3.05, 3.63) is 95.6 Å². The zero-order valence-corrected chi connectivity index (χ0v) is 22.9. The van der Waals surface area contributed by atoms with Crippen LogP contribution in [0, 0.1) is 0 Å². The molecule has 1 aliphatic heterocycles. The van der Waals surface area contributed by atoms with Crippen molar-refractivity contribution in [2.24, 2.45) is 0 Å². The highest BCUT2D eigenvalue weighted by atomic mass is 16.6. The molecule has 2 unspecified atom stereocenters. The van der Waals surface area contributed by atoms with Gasteiger partial charge < -0.3 is 30.0 Å². The molecule has 0 bridgehead atoms. The second kappa shape index (κ2) is 13.3. The van der Waals surface area contributed by atoms with Gasteiger partial charge in [-0.2, -0.15) is 0 Å². The number of carbonyl (C=O) groups is 4. The lowest BCUT2D eigenvalue weighted by atomic mass is 9.98. The molecule has 1 fully saturated rings. The fourth-order valence-corrected chi connectivity index (χ4v) is 5.33. The minimum Gasteiger partial charge on any atom is -0.479 e. The minimum absolute atomic E-state index is 0.0193. The van der Waals surface area contributed by atoms with Crippen LogP contribution in [0.3, 0.4) is 0 Å². The smallest absolute Gasteiger partial charge is 0.407 e. The molecule has 3 aromatic rings. The van der Waals surface area contributed by atoms with E-state index in [-0.39, 0.29) is 25.7 Å². The average molecular weight is 573 g/mol. The van der Waals surface area contributed by atoms with Crippen molar-refractivity contribution >= 4 is 23.9 Å². The van der Waals surface area contributed by atoms with Crippen LogP contribution >= 0.6 is 0 Å². The third-order valence-electron chi connectivity index (χ3n) is 7.45. The molecular formula is C32H32N2O8. The number of amides is 2. The van der Waals surface area contributed by atoms with Crippen molar-refractivity contribution in [2.45, 2.75) is 50.0 Å². The zero-order valence-electron chi connectivity index (χ0n) is 22.9. The van der Waals surface area contributed by atoms with Crippen molar-refractivity contribution in [1.82, 2.24) is 10.6 Å². The van der Waals surface area contributed by atoms with Gasteiger partial charge in [-0.25, -0.2) is 9.59 Å². The second-order valence-electron chi connectivity index (χ2n) is 10.3. The van der Waals surface area contributed by atoms with Gasteiger partial charge in [0.05, 0.1) is 12.5 Å². The summed E-state index contributed by atoms with van der Waals surface area (Å²) in [6, 6.07) is 23.7. The summed E-state index contributed by atoms with van der Waals surface area (Å²) in [5.41, 5.74) is 5.03. The topological polar surface area (TPSA) is 140 Å². The molecule has 3 N–H and O–H groups in total. The molecule has 3 aromatic carbocycles. The number of esters is 1. The number of fused-ring (bicyclic) bond motifs is 3. The number of carboxylic acids is 1. The number of carboxylic acid groups (broad SMARTS) is 1. The number of alkyl carbamates (subject to hydrolysis) is 1. The van der Waals surface area contributed by atoms with Crippen LogP contribution < -0.4 is 10.6 Å². The van der Waals surface area contributed by atoms with Crippen LogP contribution in [0.2, 0.25) is 0 Å². The minimum atomic E-state index is -1.28. The number of rotatable bonds is 11. The maximum atomic E-state index is 13.1. The van der Waals surface area contributed by atoms with Crippen molar-refractivity contribution in [3.8, 4) is 11.1 Å². The second-order valence-corrected chi connectivity index (χ2v) is 10.3. The van der Waals surface area contributed by atoms with Crippen LogP contribution in [0.15, 0.2) is 78.9 Å². The van der Waals surface area contributed by atoms with E-state index in [4.69, 9.17) is 19.3 Å². The van der Waals surface area contributed by atoms with Crippen LogP contribution in [0.5, 0.6) is 0 Å². The Morgan fingerprint density at radius 2 is 1.50 bits per heavy atom. The number of hydrogen-bond donors (Lipinski definition) is 3. The van der Waals surface area contributed by atoms with E-state index < -0.39 is 48.6 Å². The molecule has 2 amide bonds. The lowest BCUT2D eigenvalue weighted by Crippen LogP contribution is -2.49. The quantitative estimate of drug-likeness (QED) is 0.295. The van der Waals surface area contributed by atoms with E-state index in [0.29, 0.717) is 12.8 Å². The summed E-state index contributed by atoms with van der Waals surface area (Å²) in [4.78, 5) is 49.8. The number of aliphatic carboxylic acids is 1. The van der Waals surface area contributed by atoms with Gasteiger partial charge in [0.25, 0.3) is 0 Å². The molecule has 0 radical (unpaired) electrons. The molecule has 1 aliphatic carbocycles. The summed E-state index contributed by atoms with van der Waals surface area (Å²) in [6.45, 7) is 0.0924. The van der Waals surface area contributed by atoms with E-state index >= 15 is 0 Å². The predicted octanol–water partition coefficient (Wildman–Crippen LogP) is 3.78. The molecule has 0 saturated carbocycles. The Hall–Kier alpha value is -4.70. The normalized spacial score (nSPS) is 17.9. The van der Waals surface area contributed by atoms with E-state index in [9.17, 15) is 19.2 Å². The third-order valence-corrected chi connectivity index (χ3v) is 7.45. The van der Waals surface area contributed by atoms with Crippen molar-refractivity contribution in [1.29, 1.82) is 0 Å². The van der Waals surface area contributed by atoms with Gasteiger partial charge in [-0.1, -0.05) is 78.9 Å². The van der Waals surface area contributed by atoms with E-state index in [1.165, 1.54) is 0 Å².